The zero-order chi connectivity index (χ0) is 25.0. The minimum Gasteiger partial charge on any atom is -0.497 e. The van der Waals surface area contributed by atoms with Gasteiger partial charge in [0.25, 0.3) is 0 Å². The van der Waals surface area contributed by atoms with Gasteiger partial charge in [0.05, 0.1) is 27.9 Å². The van der Waals surface area contributed by atoms with Crippen LogP contribution in [0.15, 0.2) is 42.5 Å². The summed E-state index contributed by atoms with van der Waals surface area (Å²) >= 11 is 0. The van der Waals surface area contributed by atoms with Crippen molar-refractivity contribution in [3.05, 3.63) is 53.6 Å². The van der Waals surface area contributed by atoms with Gasteiger partial charge in [-0.15, -0.1) is 0 Å². The summed E-state index contributed by atoms with van der Waals surface area (Å²) in [6.45, 7) is 3.81. The predicted molar refractivity (Wildman–Crippen MR) is 135 cm³/mol. The highest BCUT2D eigenvalue weighted by molar-refractivity contribution is 5.78. The maximum atomic E-state index is 12.7. The molecule has 0 aliphatic carbocycles. The molecule has 0 aromatic heterocycles. The van der Waals surface area contributed by atoms with Gasteiger partial charge in [-0.25, -0.2) is 0 Å². The Morgan fingerprint density at radius 1 is 0.829 bits per heavy atom. The van der Waals surface area contributed by atoms with Gasteiger partial charge < -0.3 is 24.4 Å². The molecule has 2 aromatic carbocycles. The summed E-state index contributed by atoms with van der Waals surface area (Å²) in [7, 11) is 4.86. The first kappa shape index (κ1) is 26.3. The van der Waals surface area contributed by atoms with Crippen molar-refractivity contribution in [1.82, 2.24) is 15.1 Å². The average Bonchev–Trinajstić information content (AvgIpc) is 3.13. The standard InChI is InChI=1S/C27H37N3O5/c1-33-23-9-5-21(6-10-23)8-12-27(32)30-16-4-15-29(17-18-30)20-26(31)28-14-13-22-7-11-24(34-2)25(19-22)35-3/h5-7,9-11,19H,4,8,12-18,20H2,1-3H3,(H,28,31). The van der Waals surface area contributed by atoms with Crippen molar-refractivity contribution in [3.8, 4) is 17.2 Å². The Balaban J connectivity index is 1.37. The van der Waals surface area contributed by atoms with Gasteiger partial charge >= 0.3 is 0 Å². The van der Waals surface area contributed by atoms with Crippen molar-refractivity contribution in [1.29, 1.82) is 0 Å². The number of carbonyl (C=O) groups is 2. The Bertz CT molecular complexity index is 964. The van der Waals surface area contributed by atoms with E-state index in [0.717, 1.165) is 36.4 Å². The summed E-state index contributed by atoms with van der Waals surface area (Å²) in [5.74, 6) is 2.36. The van der Waals surface area contributed by atoms with E-state index in [9.17, 15) is 9.59 Å². The van der Waals surface area contributed by atoms with Crippen LogP contribution in [0.5, 0.6) is 17.2 Å². The number of rotatable bonds is 11. The molecule has 0 bridgehead atoms. The van der Waals surface area contributed by atoms with E-state index in [4.69, 9.17) is 14.2 Å². The van der Waals surface area contributed by atoms with Crippen LogP contribution in [0.4, 0.5) is 0 Å². The number of methoxy groups -OCH3 is 3. The second-order valence-electron chi connectivity index (χ2n) is 8.65. The van der Waals surface area contributed by atoms with E-state index in [1.54, 1.807) is 21.3 Å². The number of hydrogen-bond donors (Lipinski definition) is 1. The van der Waals surface area contributed by atoms with E-state index in [1.165, 1.54) is 0 Å². The first-order valence-electron chi connectivity index (χ1n) is 12.1. The van der Waals surface area contributed by atoms with Crippen LogP contribution in [-0.4, -0.2) is 82.2 Å². The van der Waals surface area contributed by atoms with Crippen LogP contribution in [0.2, 0.25) is 0 Å². The fourth-order valence-electron chi connectivity index (χ4n) is 4.22. The lowest BCUT2D eigenvalue weighted by Gasteiger charge is -2.22. The first-order chi connectivity index (χ1) is 17.0. The number of carbonyl (C=O) groups excluding carboxylic acids is 2. The molecule has 0 atom stereocenters. The van der Waals surface area contributed by atoms with Crippen molar-refractivity contribution in [3.63, 3.8) is 0 Å². The number of benzene rings is 2. The third-order valence-corrected chi connectivity index (χ3v) is 6.28. The van der Waals surface area contributed by atoms with Crippen LogP contribution in [-0.2, 0) is 22.4 Å². The highest BCUT2D eigenvalue weighted by Crippen LogP contribution is 2.27. The van der Waals surface area contributed by atoms with E-state index in [1.807, 2.05) is 47.4 Å². The van der Waals surface area contributed by atoms with E-state index < -0.39 is 0 Å². The van der Waals surface area contributed by atoms with Crippen molar-refractivity contribution < 1.29 is 23.8 Å². The lowest BCUT2D eigenvalue weighted by Crippen LogP contribution is -2.40. The molecule has 0 saturated carbocycles. The fraction of sp³-hybridized carbons (Fsp3) is 0.481. The molecule has 0 radical (unpaired) electrons. The molecule has 0 spiro atoms. The lowest BCUT2D eigenvalue weighted by atomic mass is 10.1. The molecule has 1 heterocycles. The van der Waals surface area contributed by atoms with Gasteiger partial charge in [-0.1, -0.05) is 18.2 Å². The Labute approximate surface area is 208 Å². The Morgan fingerprint density at radius 3 is 2.29 bits per heavy atom. The van der Waals surface area contributed by atoms with Crippen molar-refractivity contribution in [2.45, 2.75) is 25.7 Å². The molecule has 1 aliphatic heterocycles. The van der Waals surface area contributed by atoms with Crippen LogP contribution >= 0.6 is 0 Å². The normalized spacial score (nSPS) is 14.2. The summed E-state index contributed by atoms with van der Waals surface area (Å²) in [5, 5.41) is 3.00. The molecule has 1 N–H and O–H groups in total. The van der Waals surface area contributed by atoms with Gasteiger partial charge in [0, 0.05) is 39.1 Å². The number of nitrogens with zero attached hydrogens (tertiary/aromatic N) is 2. The minimum atomic E-state index is 0.00441. The molecule has 2 amide bonds. The maximum absolute atomic E-state index is 12.7. The van der Waals surface area contributed by atoms with Crippen molar-refractivity contribution >= 4 is 11.8 Å². The van der Waals surface area contributed by atoms with Gasteiger partial charge in [0.1, 0.15) is 5.75 Å². The summed E-state index contributed by atoms with van der Waals surface area (Å²) in [6.07, 6.45) is 2.78. The van der Waals surface area contributed by atoms with Crippen molar-refractivity contribution in [2.24, 2.45) is 0 Å². The van der Waals surface area contributed by atoms with Crippen LogP contribution in [0.3, 0.4) is 0 Å². The van der Waals surface area contributed by atoms with E-state index in [2.05, 4.69) is 10.2 Å². The third-order valence-electron chi connectivity index (χ3n) is 6.28. The van der Waals surface area contributed by atoms with Gasteiger partial charge in [-0.3, -0.25) is 14.5 Å². The highest BCUT2D eigenvalue weighted by Gasteiger charge is 2.20. The first-order valence-corrected chi connectivity index (χ1v) is 12.1. The molecule has 8 nitrogen and oxygen atoms in total. The molecule has 8 heteroatoms. The van der Waals surface area contributed by atoms with Gasteiger partial charge in [-0.05, 0) is 54.7 Å². The monoisotopic (exact) mass is 483 g/mol. The van der Waals surface area contributed by atoms with E-state index in [0.29, 0.717) is 56.9 Å². The third kappa shape index (κ3) is 8.17. The molecular weight excluding hydrogens is 446 g/mol. The quantitative estimate of drug-likeness (QED) is 0.529. The lowest BCUT2D eigenvalue weighted by molar-refractivity contribution is -0.131. The molecule has 1 fully saturated rings. The molecule has 35 heavy (non-hydrogen) atoms. The second kappa shape index (κ2) is 13.6. The number of nitrogens with one attached hydrogen (secondary N) is 1. The molecular formula is C27H37N3O5. The minimum absolute atomic E-state index is 0.00441. The van der Waals surface area contributed by atoms with Crippen LogP contribution < -0.4 is 19.5 Å². The smallest absolute Gasteiger partial charge is 0.234 e. The summed E-state index contributed by atoms with van der Waals surface area (Å²) < 4.78 is 15.8. The van der Waals surface area contributed by atoms with Gasteiger partial charge in [0.15, 0.2) is 11.5 Å². The van der Waals surface area contributed by atoms with Crippen LogP contribution in [0.1, 0.15) is 24.0 Å². The Morgan fingerprint density at radius 2 is 1.57 bits per heavy atom. The predicted octanol–water partition coefficient (Wildman–Crippen LogP) is 2.54. The topological polar surface area (TPSA) is 80.3 Å². The largest absolute Gasteiger partial charge is 0.497 e. The molecule has 2 aromatic rings. The summed E-state index contributed by atoms with van der Waals surface area (Å²) in [5.41, 5.74) is 2.20. The van der Waals surface area contributed by atoms with E-state index >= 15 is 0 Å². The molecule has 1 saturated heterocycles. The second-order valence-corrected chi connectivity index (χ2v) is 8.65. The number of amides is 2. The summed E-state index contributed by atoms with van der Waals surface area (Å²) in [6, 6.07) is 13.6. The van der Waals surface area contributed by atoms with Gasteiger partial charge in [-0.2, -0.15) is 0 Å². The maximum Gasteiger partial charge on any atom is 0.234 e. The van der Waals surface area contributed by atoms with Crippen LogP contribution in [0.25, 0.3) is 0 Å². The molecule has 1 aliphatic rings. The Kier molecular flexibility index (Phi) is 10.2. The number of hydrogen-bond acceptors (Lipinski definition) is 6. The van der Waals surface area contributed by atoms with Crippen molar-refractivity contribution in [2.75, 3.05) is 60.6 Å². The van der Waals surface area contributed by atoms with E-state index in [-0.39, 0.29) is 11.8 Å². The highest BCUT2D eigenvalue weighted by atomic mass is 16.5. The van der Waals surface area contributed by atoms with Gasteiger partial charge in [0.2, 0.25) is 11.8 Å². The fourth-order valence-corrected chi connectivity index (χ4v) is 4.22. The SMILES string of the molecule is COc1ccc(CCC(=O)N2CCCN(CC(=O)NCCc3ccc(OC)c(OC)c3)CC2)cc1. The molecule has 3 rings (SSSR count). The zero-order valence-corrected chi connectivity index (χ0v) is 21.0. The number of aryl methyl sites for hydroxylation is 1. The molecule has 190 valence electrons. The zero-order valence-electron chi connectivity index (χ0n) is 21.0. The molecule has 0 unspecified atom stereocenters. The average molecular weight is 484 g/mol. The van der Waals surface area contributed by atoms with Crippen LogP contribution in [0, 0.1) is 0 Å². The Hall–Kier alpha value is -3.26. The number of ether oxygens (including phenoxy) is 3. The summed E-state index contributed by atoms with van der Waals surface area (Å²) in [4.78, 5) is 29.3.